The Bertz CT molecular complexity index is 490. The monoisotopic (exact) mass is 443 g/mol. The lowest BCUT2D eigenvalue weighted by Gasteiger charge is -2.27. The molecule has 0 aliphatic heterocycles. The van der Waals surface area contributed by atoms with Crippen molar-refractivity contribution in [3.63, 3.8) is 0 Å². The van der Waals surface area contributed by atoms with Gasteiger partial charge in [-0.2, -0.15) is 0 Å². The number of halogens is 3. The van der Waals surface area contributed by atoms with Crippen molar-refractivity contribution in [1.82, 2.24) is 9.80 Å². The standard InChI is InChI=1S/C15H23Cl2N3.HI/c1-15(2,10-18-14(19(3)4)20(5)6)11-7-8-12(16)13(17)9-11;/h7-9H,10H2,1-6H3;1H. The van der Waals surface area contributed by atoms with E-state index < -0.39 is 0 Å². The third-order valence-electron chi connectivity index (χ3n) is 3.12. The first kappa shape index (κ1) is 20.8. The van der Waals surface area contributed by atoms with Crippen LogP contribution in [0.15, 0.2) is 23.2 Å². The number of guanidine groups is 1. The highest BCUT2D eigenvalue weighted by atomic mass is 127. The Balaban J connectivity index is 0.00000400. The number of nitrogens with zero attached hydrogens (tertiary/aromatic N) is 3. The van der Waals surface area contributed by atoms with Gasteiger partial charge >= 0.3 is 0 Å². The molecule has 0 aromatic heterocycles. The summed E-state index contributed by atoms with van der Waals surface area (Å²) < 4.78 is 0. The largest absolute Gasteiger partial charge is 0.349 e. The van der Waals surface area contributed by atoms with Crippen LogP contribution in [0.5, 0.6) is 0 Å². The van der Waals surface area contributed by atoms with Gasteiger partial charge in [0.15, 0.2) is 5.96 Å². The van der Waals surface area contributed by atoms with Crippen LogP contribution < -0.4 is 0 Å². The van der Waals surface area contributed by atoms with Crippen molar-refractivity contribution in [2.75, 3.05) is 34.7 Å². The van der Waals surface area contributed by atoms with E-state index in [-0.39, 0.29) is 29.4 Å². The van der Waals surface area contributed by atoms with E-state index in [1.54, 1.807) is 0 Å². The lowest BCUT2D eigenvalue weighted by Crippen LogP contribution is -2.36. The van der Waals surface area contributed by atoms with E-state index in [1.165, 1.54) is 0 Å². The first-order valence-electron chi connectivity index (χ1n) is 6.50. The lowest BCUT2D eigenvalue weighted by molar-refractivity contribution is 0.464. The third kappa shape index (κ3) is 5.83. The average Bonchev–Trinajstić information content (AvgIpc) is 2.31. The Hall–Kier alpha value is -0.200. The van der Waals surface area contributed by atoms with Crippen molar-refractivity contribution < 1.29 is 0 Å². The van der Waals surface area contributed by atoms with Crippen molar-refractivity contribution in [2.45, 2.75) is 19.3 Å². The molecule has 1 aromatic rings. The molecule has 0 atom stereocenters. The molecule has 0 saturated carbocycles. The molecule has 0 amide bonds. The highest BCUT2D eigenvalue weighted by Crippen LogP contribution is 2.30. The van der Waals surface area contributed by atoms with Crippen molar-refractivity contribution in [1.29, 1.82) is 0 Å². The fourth-order valence-corrected chi connectivity index (χ4v) is 2.26. The molecule has 0 radical (unpaired) electrons. The average molecular weight is 444 g/mol. The first-order chi connectivity index (χ1) is 9.15. The van der Waals surface area contributed by atoms with E-state index in [0.717, 1.165) is 11.5 Å². The molecule has 0 N–H and O–H groups in total. The van der Waals surface area contributed by atoms with Crippen LogP contribution in [0.4, 0.5) is 0 Å². The molecular weight excluding hydrogens is 420 g/mol. The van der Waals surface area contributed by atoms with Crippen molar-refractivity contribution in [3.05, 3.63) is 33.8 Å². The second kappa shape index (κ2) is 8.44. The molecule has 1 aromatic carbocycles. The summed E-state index contributed by atoms with van der Waals surface area (Å²) in [6.07, 6.45) is 0. The van der Waals surface area contributed by atoms with E-state index in [1.807, 2.05) is 56.2 Å². The molecule has 1 rings (SSSR count). The normalized spacial score (nSPS) is 10.7. The molecular formula is C15H24Cl2IN3. The molecule has 0 saturated heterocycles. The van der Waals surface area contributed by atoms with Crippen LogP contribution in [0.1, 0.15) is 19.4 Å². The van der Waals surface area contributed by atoms with E-state index in [2.05, 4.69) is 13.8 Å². The summed E-state index contributed by atoms with van der Waals surface area (Å²) in [5, 5.41) is 1.17. The van der Waals surface area contributed by atoms with Crippen LogP contribution in [0.25, 0.3) is 0 Å². The maximum atomic E-state index is 6.10. The third-order valence-corrected chi connectivity index (χ3v) is 3.86. The second-order valence-corrected chi connectivity index (χ2v) is 6.73. The van der Waals surface area contributed by atoms with Gasteiger partial charge in [0.1, 0.15) is 0 Å². The SMILES string of the molecule is CN(C)C(=NCC(C)(C)c1ccc(Cl)c(Cl)c1)N(C)C.I. The Morgan fingerprint density at radius 2 is 1.57 bits per heavy atom. The lowest BCUT2D eigenvalue weighted by atomic mass is 9.85. The molecule has 0 heterocycles. The topological polar surface area (TPSA) is 18.8 Å². The number of aliphatic imine (C=N–C) groups is 1. The minimum atomic E-state index is -0.106. The second-order valence-electron chi connectivity index (χ2n) is 5.92. The van der Waals surface area contributed by atoms with Gasteiger partial charge in [-0.25, -0.2) is 0 Å². The summed E-state index contributed by atoms with van der Waals surface area (Å²) in [5.41, 5.74) is 1.03. The fourth-order valence-electron chi connectivity index (χ4n) is 1.96. The molecule has 0 aliphatic rings. The zero-order chi connectivity index (χ0) is 15.5. The van der Waals surface area contributed by atoms with E-state index in [0.29, 0.717) is 16.6 Å². The van der Waals surface area contributed by atoms with Crippen LogP contribution in [0.3, 0.4) is 0 Å². The number of hydrogen-bond acceptors (Lipinski definition) is 1. The van der Waals surface area contributed by atoms with Gasteiger partial charge in [0.25, 0.3) is 0 Å². The molecule has 0 spiro atoms. The molecule has 3 nitrogen and oxygen atoms in total. The van der Waals surface area contributed by atoms with Crippen LogP contribution >= 0.6 is 47.2 Å². The number of hydrogen-bond donors (Lipinski definition) is 0. The predicted octanol–water partition coefficient (Wildman–Crippen LogP) is 4.37. The minimum absolute atomic E-state index is 0. The van der Waals surface area contributed by atoms with Gasteiger partial charge in [0, 0.05) is 33.6 Å². The molecule has 0 aliphatic carbocycles. The predicted molar refractivity (Wildman–Crippen MR) is 105 cm³/mol. The Labute approximate surface area is 155 Å². The molecule has 0 unspecified atom stereocenters. The van der Waals surface area contributed by atoms with E-state index in [9.17, 15) is 0 Å². The van der Waals surface area contributed by atoms with Gasteiger partial charge in [-0.15, -0.1) is 24.0 Å². The Morgan fingerprint density at radius 3 is 2.00 bits per heavy atom. The molecule has 6 heteroatoms. The fraction of sp³-hybridized carbons (Fsp3) is 0.533. The smallest absolute Gasteiger partial charge is 0.195 e. The highest BCUT2D eigenvalue weighted by Gasteiger charge is 2.22. The molecule has 21 heavy (non-hydrogen) atoms. The summed E-state index contributed by atoms with van der Waals surface area (Å²) in [6.45, 7) is 4.98. The summed E-state index contributed by atoms with van der Waals surface area (Å²) >= 11 is 12.1. The highest BCUT2D eigenvalue weighted by molar-refractivity contribution is 14.0. The Kier molecular flexibility index (Phi) is 8.36. The molecule has 0 fully saturated rings. The van der Waals surface area contributed by atoms with Crippen molar-refractivity contribution in [2.24, 2.45) is 4.99 Å². The summed E-state index contributed by atoms with van der Waals surface area (Å²) in [5.74, 6) is 0.943. The number of benzene rings is 1. The summed E-state index contributed by atoms with van der Waals surface area (Å²) in [4.78, 5) is 8.73. The van der Waals surface area contributed by atoms with Crippen molar-refractivity contribution >= 4 is 53.1 Å². The van der Waals surface area contributed by atoms with Gasteiger partial charge in [0.2, 0.25) is 0 Å². The number of rotatable bonds is 3. The van der Waals surface area contributed by atoms with Gasteiger partial charge < -0.3 is 9.80 Å². The van der Waals surface area contributed by atoms with E-state index >= 15 is 0 Å². The quantitative estimate of drug-likeness (QED) is 0.392. The van der Waals surface area contributed by atoms with Crippen molar-refractivity contribution in [3.8, 4) is 0 Å². The Morgan fingerprint density at radius 1 is 1.05 bits per heavy atom. The summed E-state index contributed by atoms with van der Waals surface area (Å²) in [7, 11) is 7.96. The van der Waals surface area contributed by atoms with Crippen LogP contribution in [0.2, 0.25) is 10.0 Å². The van der Waals surface area contributed by atoms with Crippen LogP contribution in [-0.4, -0.2) is 50.5 Å². The van der Waals surface area contributed by atoms with E-state index in [4.69, 9.17) is 28.2 Å². The van der Waals surface area contributed by atoms with Gasteiger partial charge in [0.05, 0.1) is 16.6 Å². The summed E-state index contributed by atoms with van der Waals surface area (Å²) in [6, 6.07) is 5.77. The zero-order valence-electron chi connectivity index (χ0n) is 13.4. The zero-order valence-corrected chi connectivity index (χ0v) is 17.3. The minimum Gasteiger partial charge on any atom is -0.349 e. The van der Waals surface area contributed by atoms with Crippen LogP contribution in [0, 0.1) is 0 Å². The molecule has 0 bridgehead atoms. The molecule has 120 valence electrons. The van der Waals surface area contributed by atoms with Gasteiger partial charge in [-0.05, 0) is 17.7 Å². The van der Waals surface area contributed by atoms with Gasteiger partial charge in [-0.3, -0.25) is 4.99 Å². The maximum absolute atomic E-state index is 6.10. The maximum Gasteiger partial charge on any atom is 0.195 e. The van der Waals surface area contributed by atoms with Crippen LogP contribution in [-0.2, 0) is 5.41 Å². The van der Waals surface area contributed by atoms with Gasteiger partial charge in [-0.1, -0.05) is 43.1 Å². The first-order valence-corrected chi connectivity index (χ1v) is 7.25.